The van der Waals surface area contributed by atoms with Crippen LogP contribution in [0.15, 0.2) is 0 Å². The SMILES string of the molecule is CC(C)[PH](=O)O.[CaH2]. The maximum atomic E-state index is 9.88. The van der Waals surface area contributed by atoms with Crippen molar-refractivity contribution >= 4 is 45.8 Å². The molecule has 0 aromatic heterocycles. The van der Waals surface area contributed by atoms with Crippen LogP contribution in [0.4, 0.5) is 0 Å². The molecule has 0 radical (unpaired) electrons. The third-order valence-corrected chi connectivity index (χ3v) is 1.48. The molecule has 0 heterocycles. The van der Waals surface area contributed by atoms with Gasteiger partial charge in [0.1, 0.15) is 0 Å². The average Bonchev–Trinajstić information content (AvgIpc) is 1.36. The molecule has 0 aromatic carbocycles. The van der Waals surface area contributed by atoms with Crippen LogP contribution in [0, 0.1) is 0 Å². The Hall–Kier alpha value is 1.45. The predicted octanol–water partition coefficient (Wildman–Crippen LogP) is -0.0544. The Morgan fingerprint density at radius 2 is 1.71 bits per heavy atom. The van der Waals surface area contributed by atoms with Crippen molar-refractivity contribution in [2.24, 2.45) is 0 Å². The van der Waals surface area contributed by atoms with E-state index in [1.165, 1.54) is 0 Å². The standard InChI is InChI=1S/C3H9O2P.Ca.2H/c1-3(2)6(4)5;;;/h3,6H,1-2H3,(H,4,5);;;. The summed E-state index contributed by atoms with van der Waals surface area (Å²) in [4.78, 5) is 8.18. The van der Waals surface area contributed by atoms with E-state index in [-0.39, 0.29) is 43.4 Å². The van der Waals surface area contributed by atoms with Gasteiger partial charge < -0.3 is 4.89 Å². The van der Waals surface area contributed by atoms with Gasteiger partial charge in [-0.25, -0.2) is 0 Å². The molecule has 1 unspecified atom stereocenters. The quantitative estimate of drug-likeness (QED) is 0.420. The number of hydrogen-bond acceptors (Lipinski definition) is 1. The van der Waals surface area contributed by atoms with Gasteiger partial charge in [0.2, 0.25) is 0 Å². The predicted molar refractivity (Wildman–Crippen MR) is 34.9 cm³/mol. The van der Waals surface area contributed by atoms with Crippen molar-refractivity contribution in [3.8, 4) is 0 Å². The minimum absolute atomic E-state index is 0. The van der Waals surface area contributed by atoms with Gasteiger partial charge in [0.05, 0.1) is 0 Å². The molecule has 0 aliphatic heterocycles. The van der Waals surface area contributed by atoms with E-state index >= 15 is 0 Å². The first-order valence-corrected chi connectivity index (χ1v) is 3.30. The van der Waals surface area contributed by atoms with Crippen molar-refractivity contribution in [1.29, 1.82) is 0 Å². The Balaban J connectivity index is 0. The van der Waals surface area contributed by atoms with Gasteiger partial charge in [-0.15, -0.1) is 0 Å². The first-order chi connectivity index (χ1) is 2.64. The maximum absolute atomic E-state index is 9.88. The van der Waals surface area contributed by atoms with Crippen molar-refractivity contribution < 1.29 is 9.46 Å². The first-order valence-electron chi connectivity index (χ1n) is 1.87. The molecule has 0 bridgehead atoms. The van der Waals surface area contributed by atoms with Gasteiger partial charge in [0.25, 0.3) is 0 Å². The van der Waals surface area contributed by atoms with Gasteiger partial charge in [0.15, 0.2) is 8.03 Å². The molecular weight excluding hydrogens is 139 g/mol. The summed E-state index contributed by atoms with van der Waals surface area (Å²) in [5, 5.41) is 0. The Morgan fingerprint density at radius 3 is 1.71 bits per heavy atom. The fraction of sp³-hybridized carbons (Fsp3) is 1.00. The second-order valence-corrected chi connectivity index (χ2v) is 3.32. The molecule has 0 aliphatic carbocycles. The number of rotatable bonds is 1. The monoisotopic (exact) mass is 150 g/mol. The van der Waals surface area contributed by atoms with Crippen LogP contribution in [0.3, 0.4) is 0 Å². The van der Waals surface area contributed by atoms with Crippen LogP contribution in [0.25, 0.3) is 0 Å². The van der Waals surface area contributed by atoms with E-state index in [4.69, 9.17) is 4.89 Å². The molecule has 0 rings (SSSR count). The molecule has 0 fully saturated rings. The molecule has 42 valence electrons. The third kappa shape index (κ3) is 7.45. The van der Waals surface area contributed by atoms with E-state index < -0.39 is 8.03 Å². The van der Waals surface area contributed by atoms with Crippen LogP contribution in [0.1, 0.15) is 13.8 Å². The summed E-state index contributed by atoms with van der Waals surface area (Å²) in [5.41, 5.74) is -0.0463. The molecule has 0 aromatic rings. The van der Waals surface area contributed by atoms with Crippen LogP contribution in [-0.4, -0.2) is 48.3 Å². The van der Waals surface area contributed by atoms with Gasteiger partial charge in [-0.05, 0) is 0 Å². The first kappa shape index (κ1) is 11.3. The topological polar surface area (TPSA) is 37.3 Å². The van der Waals surface area contributed by atoms with Gasteiger partial charge in [0, 0.05) is 5.66 Å². The molecule has 2 nitrogen and oxygen atoms in total. The van der Waals surface area contributed by atoms with E-state index in [0.717, 1.165) is 0 Å². The molecule has 1 atom stereocenters. The molecule has 0 saturated carbocycles. The van der Waals surface area contributed by atoms with Gasteiger partial charge in [-0.2, -0.15) is 0 Å². The Morgan fingerprint density at radius 1 is 1.57 bits per heavy atom. The summed E-state index contributed by atoms with van der Waals surface area (Å²) in [7, 11) is -2.20. The Labute approximate surface area is 74.2 Å². The van der Waals surface area contributed by atoms with Crippen molar-refractivity contribution in [3.63, 3.8) is 0 Å². The molecule has 0 aliphatic rings. The summed E-state index contributed by atoms with van der Waals surface area (Å²) in [6.45, 7) is 3.45. The Kier molecular flexibility index (Phi) is 8.99. The summed E-state index contributed by atoms with van der Waals surface area (Å²) >= 11 is 0. The van der Waals surface area contributed by atoms with Crippen LogP contribution >= 0.6 is 8.03 Å². The molecule has 7 heavy (non-hydrogen) atoms. The zero-order valence-corrected chi connectivity index (χ0v) is 4.93. The summed E-state index contributed by atoms with van der Waals surface area (Å²) in [6, 6.07) is 0. The van der Waals surface area contributed by atoms with Crippen LogP contribution in [0.5, 0.6) is 0 Å². The van der Waals surface area contributed by atoms with Crippen molar-refractivity contribution in [2.75, 3.05) is 0 Å². The second-order valence-electron chi connectivity index (χ2n) is 1.49. The third-order valence-electron chi connectivity index (χ3n) is 0.494. The van der Waals surface area contributed by atoms with Crippen LogP contribution in [-0.2, 0) is 4.57 Å². The summed E-state index contributed by atoms with van der Waals surface area (Å²) < 4.78 is 9.88. The average molecular weight is 150 g/mol. The molecule has 4 heteroatoms. The molecular formula is C3H11CaO2P. The molecule has 0 amide bonds. The van der Waals surface area contributed by atoms with Crippen molar-refractivity contribution in [1.82, 2.24) is 0 Å². The van der Waals surface area contributed by atoms with E-state index in [1.54, 1.807) is 13.8 Å². The van der Waals surface area contributed by atoms with E-state index in [0.29, 0.717) is 0 Å². The van der Waals surface area contributed by atoms with Gasteiger partial charge in [-0.1, -0.05) is 13.8 Å². The summed E-state index contributed by atoms with van der Waals surface area (Å²) in [6.07, 6.45) is 0. The molecule has 0 spiro atoms. The normalized spacial score (nSPS) is 13.1. The zero-order chi connectivity index (χ0) is 5.15. The van der Waals surface area contributed by atoms with Crippen molar-refractivity contribution in [3.05, 3.63) is 0 Å². The van der Waals surface area contributed by atoms with E-state index in [1.807, 2.05) is 0 Å². The van der Waals surface area contributed by atoms with E-state index in [9.17, 15) is 4.57 Å². The zero-order valence-electron chi connectivity index (χ0n) is 3.93. The van der Waals surface area contributed by atoms with Gasteiger partial charge in [-0.3, -0.25) is 4.57 Å². The fourth-order valence-corrected chi connectivity index (χ4v) is 0. The van der Waals surface area contributed by atoms with Crippen molar-refractivity contribution in [2.45, 2.75) is 19.5 Å². The fourth-order valence-electron chi connectivity index (χ4n) is 0. The van der Waals surface area contributed by atoms with E-state index in [2.05, 4.69) is 0 Å². The molecule has 1 N–H and O–H groups in total. The summed E-state index contributed by atoms with van der Waals surface area (Å²) in [5.74, 6) is 0. The second kappa shape index (κ2) is 5.58. The number of hydrogen-bond donors (Lipinski definition) is 1. The minimum atomic E-state index is -2.20. The molecule has 0 saturated heterocycles. The van der Waals surface area contributed by atoms with Crippen LogP contribution in [0.2, 0.25) is 0 Å². The van der Waals surface area contributed by atoms with Crippen LogP contribution < -0.4 is 0 Å². The Bertz CT molecular complexity index is 64.0. The van der Waals surface area contributed by atoms with Gasteiger partial charge >= 0.3 is 37.7 Å².